The standard InChI is InChI=1S/C24H26N8O3/c1-3-13-35-23-18-15-20-24(34)31(11-12-32(20)19(18)7-8-26-23)10-9-25-22(33)17-6-4-5-16(14-17)21-27-29-30(2)28-21/h4-8,14-15H,3,9-13H2,1-2H3,(H,25,33). The molecule has 1 aliphatic heterocycles. The van der Waals surface area contributed by atoms with Gasteiger partial charge >= 0.3 is 0 Å². The minimum atomic E-state index is -0.224. The molecule has 11 nitrogen and oxygen atoms in total. The molecule has 5 rings (SSSR count). The van der Waals surface area contributed by atoms with Gasteiger partial charge < -0.3 is 19.5 Å². The highest BCUT2D eigenvalue weighted by atomic mass is 16.5. The van der Waals surface area contributed by atoms with Crippen LogP contribution in [0.1, 0.15) is 34.2 Å². The minimum absolute atomic E-state index is 0.0705. The molecule has 4 aromatic rings. The summed E-state index contributed by atoms with van der Waals surface area (Å²) in [4.78, 5) is 33.3. The van der Waals surface area contributed by atoms with Crippen LogP contribution in [-0.4, -0.2) is 72.7 Å². The van der Waals surface area contributed by atoms with E-state index < -0.39 is 0 Å². The first-order valence-corrected chi connectivity index (χ1v) is 11.6. The molecule has 35 heavy (non-hydrogen) atoms. The summed E-state index contributed by atoms with van der Waals surface area (Å²) in [5.74, 6) is 0.712. The Hall–Kier alpha value is -4.28. The van der Waals surface area contributed by atoms with Crippen molar-refractivity contribution in [2.45, 2.75) is 19.9 Å². The highest BCUT2D eigenvalue weighted by Gasteiger charge is 2.27. The normalized spacial score (nSPS) is 13.2. The predicted octanol–water partition coefficient (Wildman–Crippen LogP) is 1.90. The quantitative estimate of drug-likeness (QED) is 0.414. The largest absolute Gasteiger partial charge is 0.477 e. The van der Waals surface area contributed by atoms with Gasteiger partial charge in [-0.3, -0.25) is 9.59 Å². The number of ether oxygens (including phenoxy) is 1. The van der Waals surface area contributed by atoms with Gasteiger partial charge in [0.15, 0.2) is 0 Å². The van der Waals surface area contributed by atoms with Crippen LogP contribution in [0.4, 0.5) is 0 Å². The fourth-order valence-electron chi connectivity index (χ4n) is 4.19. The van der Waals surface area contributed by atoms with Crippen molar-refractivity contribution in [3.05, 3.63) is 53.9 Å². The van der Waals surface area contributed by atoms with Crippen LogP contribution in [-0.2, 0) is 13.6 Å². The van der Waals surface area contributed by atoms with Crippen LogP contribution in [0.5, 0.6) is 5.88 Å². The fourth-order valence-corrected chi connectivity index (χ4v) is 4.19. The zero-order valence-corrected chi connectivity index (χ0v) is 19.6. The van der Waals surface area contributed by atoms with Crippen molar-refractivity contribution in [3.8, 4) is 17.3 Å². The number of aromatic nitrogens is 6. The third kappa shape index (κ3) is 4.44. The van der Waals surface area contributed by atoms with Crippen molar-refractivity contribution in [2.75, 3.05) is 26.2 Å². The lowest BCUT2D eigenvalue weighted by Gasteiger charge is -2.28. The van der Waals surface area contributed by atoms with E-state index in [9.17, 15) is 9.59 Å². The van der Waals surface area contributed by atoms with Gasteiger partial charge in [0.05, 0.1) is 24.6 Å². The zero-order valence-electron chi connectivity index (χ0n) is 19.6. The van der Waals surface area contributed by atoms with Crippen LogP contribution >= 0.6 is 0 Å². The van der Waals surface area contributed by atoms with Crippen molar-refractivity contribution in [1.82, 2.24) is 40.0 Å². The number of amides is 2. The summed E-state index contributed by atoms with van der Waals surface area (Å²) in [6.07, 6.45) is 2.59. The highest BCUT2D eigenvalue weighted by Crippen LogP contribution is 2.29. The lowest BCUT2D eigenvalue weighted by atomic mass is 10.1. The van der Waals surface area contributed by atoms with E-state index in [-0.39, 0.29) is 11.8 Å². The molecule has 0 aliphatic carbocycles. The van der Waals surface area contributed by atoms with Gasteiger partial charge in [0.25, 0.3) is 11.8 Å². The monoisotopic (exact) mass is 474 g/mol. The Morgan fingerprint density at radius 3 is 2.89 bits per heavy atom. The summed E-state index contributed by atoms with van der Waals surface area (Å²) in [7, 11) is 1.69. The number of carbonyl (C=O) groups is 2. The molecule has 0 unspecified atom stereocenters. The average Bonchev–Trinajstić information content (AvgIpc) is 3.48. The third-order valence-corrected chi connectivity index (χ3v) is 5.89. The summed E-state index contributed by atoms with van der Waals surface area (Å²) in [6.45, 7) is 4.59. The van der Waals surface area contributed by atoms with Crippen LogP contribution in [0.3, 0.4) is 0 Å². The Morgan fingerprint density at radius 1 is 1.20 bits per heavy atom. The first kappa shape index (κ1) is 22.5. The van der Waals surface area contributed by atoms with E-state index in [1.54, 1.807) is 36.3 Å². The maximum atomic E-state index is 13.2. The Labute approximate surface area is 201 Å². The van der Waals surface area contributed by atoms with Gasteiger partial charge in [-0.05, 0) is 35.9 Å². The smallest absolute Gasteiger partial charge is 0.270 e. The van der Waals surface area contributed by atoms with Crippen molar-refractivity contribution < 1.29 is 14.3 Å². The molecule has 0 saturated carbocycles. The number of tetrazole rings is 1. The summed E-state index contributed by atoms with van der Waals surface area (Å²) < 4.78 is 7.78. The maximum absolute atomic E-state index is 13.2. The topological polar surface area (TPSA) is 120 Å². The maximum Gasteiger partial charge on any atom is 0.270 e. The lowest BCUT2D eigenvalue weighted by Crippen LogP contribution is -2.44. The van der Waals surface area contributed by atoms with Gasteiger partial charge in [-0.25, -0.2) is 4.98 Å². The van der Waals surface area contributed by atoms with Crippen molar-refractivity contribution in [1.29, 1.82) is 0 Å². The van der Waals surface area contributed by atoms with Crippen LogP contribution in [0, 0.1) is 0 Å². The van der Waals surface area contributed by atoms with Crippen LogP contribution < -0.4 is 10.1 Å². The number of benzene rings is 1. The molecule has 4 heterocycles. The number of pyridine rings is 1. The Morgan fingerprint density at radius 2 is 2.09 bits per heavy atom. The predicted molar refractivity (Wildman–Crippen MR) is 128 cm³/mol. The third-order valence-electron chi connectivity index (χ3n) is 5.89. The molecule has 0 fully saturated rings. The number of nitrogens with zero attached hydrogens (tertiary/aromatic N) is 7. The van der Waals surface area contributed by atoms with E-state index in [1.165, 1.54) is 4.80 Å². The molecule has 0 saturated heterocycles. The first-order chi connectivity index (χ1) is 17.0. The number of fused-ring (bicyclic) bond motifs is 3. The second-order valence-corrected chi connectivity index (χ2v) is 8.31. The number of hydrogen-bond donors (Lipinski definition) is 1. The molecular formula is C24H26N8O3. The van der Waals surface area contributed by atoms with Gasteiger partial charge in [0, 0.05) is 43.5 Å². The van der Waals surface area contributed by atoms with E-state index in [0.717, 1.165) is 17.3 Å². The molecule has 2 amide bonds. The summed E-state index contributed by atoms with van der Waals surface area (Å²) in [5, 5.41) is 15.7. The number of rotatable bonds is 8. The number of hydrogen-bond acceptors (Lipinski definition) is 7. The molecule has 180 valence electrons. The van der Waals surface area contributed by atoms with Gasteiger partial charge in [-0.15, -0.1) is 10.2 Å². The Balaban J connectivity index is 1.23. The van der Waals surface area contributed by atoms with Crippen LogP contribution in [0.2, 0.25) is 0 Å². The van der Waals surface area contributed by atoms with E-state index in [4.69, 9.17) is 4.74 Å². The molecule has 0 bridgehead atoms. The van der Waals surface area contributed by atoms with Crippen LogP contribution in [0.15, 0.2) is 42.6 Å². The second kappa shape index (κ2) is 9.53. The van der Waals surface area contributed by atoms with E-state index in [2.05, 4.69) is 25.7 Å². The molecule has 1 aliphatic rings. The molecule has 0 atom stereocenters. The highest BCUT2D eigenvalue weighted by molar-refractivity contribution is 6.00. The molecule has 3 aromatic heterocycles. The molecular weight excluding hydrogens is 448 g/mol. The van der Waals surface area contributed by atoms with Gasteiger partial charge in [-0.2, -0.15) is 4.80 Å². The summed E-state index contributed by atoms with van der Waals surface area (Å²) >= 11 is 0. The molecule has 1 N–H and O–H groups in total. The summed E-state index contributed by atoms with van der Waals surface area (Å²) in [5.41, 5.74) is 2.75. The zero-order chi connectivity index (χ0) is 24.4. The molecule has 0 radical (unpaired) electrons. The number of carbonyl (C=O) groups excluding carboxylic acids is 2. The van der Waals surface area contributed by atoms with E-state index in [1.807, 2.05) is 29.7 Å². The lowest BCUT2D eigenvalue weighted by molar-refractivity contribution is 0.0701. The van der Waals surface area contributed by atoms with E-state index in [0.29, 0.717) is 61.3 Å². The van der Waals surface area contributed by atoms with Crippen molar-refractivity contribution >= 4 is 22.7 Å². The van der Waals surface area contributed by atoms with Crippen molar-refractivity contribution in [3.63, 3.8) is 0 Å². The molecule has 11 heteroatoms. The van der Waals surface area contributed by atoms with Gasteiger partial charge in [0.2, 0.25) is 11.7 Å². The molecule has 1 aromatic carbocycles. The molecule has 0 spiro atoms. The second-order valence-electron chi connectivity index (χ2n) is 8.31. The van der Waals surface area contributed by atoms with E-state index >= 15 is 0 Å². The minimum Gasteiger partial charge on any atom is -0.477 e. The number of aryl methyl sites for hydroxylation is 1. The summed E-state index contributed by atoms with van der Waals surface area (Å²) in [6, 6.07) is 10.8. The Kier molecular flexibility index (Phi) is 6.13. The first-order valence-electron chi connectivity index (χ1n) is 11.6. The SMILES string of the molecule is CCCOc1nccc2c1cc1n2CCN(CCNC(=O)c2cccc(-c3nnn(C)n3)c2)C1=O. The average molecular weight is 475 g/mol. The number of nitrogens with one attached hydrogen (secondary N) is 1. The Bertz CT molecular complexity index is 1390. The van der Waals surface area contributed by atoms with Crippen molar-refractivity contribution in [2.24, 2.45) is 7.05 Å². The van der Waals surface area contributed by atoms with Gasteiger partial charge in [0.1, 0.15) is 5.69 Å². The fraction of sp³-hybridized carbons (Fsp3) is 0.333. The van der Waals surface area contributed by atoms with Crippen LogP contribution in [0.25, 0.3) is 22.3 Å². The van der Waals surface area contributed by atoms with Gasteiger partial charge in [-0.1, -0.05) is 19.1 Å².